The minimum Gasteiger partial charge on any atom is -0.486 e. The Kier molecular flexibility index (Phi) is 6.59. The van der Waals surface area contributed by atoms with Crippen molar-refractivity contribution in [3.8, 4) is 22.9 Å². The Morgan fingerprint density at radius 2 is 1.93 bits per heavy atom. The minimum absolute atomic E-state index is 0.0142. The average molecular weight is 368 g/mol. The molecule has 0 fully saturated rings. The predicted molar refractivity (Wildman–Crippen MR) is 113 cm³/mol. The molecule has 3 nitrogen and oxygen atoms in total. The number of rotatable bonds is 8. The summed E-state index contributed by atoms with van der Waals surface area (Å²) in [4.78, 5) is 4.15. The van der Waals surface area contributed by atoms with Crippen molar-refractivity contribution in [2.24, 2.45) is 0 Å². The van der Waals surface area contributed by atoms with Gasteiger partial charge < -0.3 is 4.74 Å². The Labute approximate surface area is 167 Å². The average Bonchev–Trinajstić information content (AvgIpc) is 2.74. The lowest BCUT2D eigenvalue weighted by Gasteiger charge is -2.16. The van der Waals surface area contributed by atoms with Crippen LogP contribution >= 0.6 is 0 Å². The molecule has 0 aliphatic rings. The van der Waals surface area contributed by atoms with Crippen molar-refractivity contribution in [3.63, 3.8) is 0 Å². The molecule has 0 bridgehead atoms. The lowest BCUT2D eigenvalue weighted by molar-refractivity contribution is 0.235. The smallest absolute Gasteiger partial charge is 0.120 e. The number of hydrogen-bond acceptors (Lipinski definition) is 3. The van der Waals surface area contributed by atoms with E-state index in [0.717, 1.165) is 41.7 Å². The molecule has 3 rings (SSSR count). The van der Waals surface area contributed by atoms with Crippen LogP contribution in [0.3, 0.4) is 0 Å². The van der Waals surface area contributed by atoms with E-state index in [1.807, 2.05) is 67.7 Å². The van der Waals surface area contributed by atoms with Gasteiger partial charge in [-0.15, -0.1) is 0 Å². The van der Waals surface area contributed by atoms with Crippen molar-refractivity contribution >= 4 is 0 Å². The largest absolute Gasteiger partial charge is 0.486 e. The number of nitrogens with zero attached hydrogens (tertiary/aromatic N) is 2. The minimum atomic E-state index is -0.0142. The Morgan fingerprint density at radius 3 is 2.57 bits per heavy atom. The van der Waals surface area contributed by atoms with Crippen molar-refractivity contribution in [1.29, 1.82) is 5.26 Å². The maximum Gasteiger partial charge on any atom is 0.120 e. The quantitative estimate of drug-likeness (QED) is 0.466. The highest BCUT2D eigenvalue weighted by Crippen LogP contribution is 2.25. The Hall–Kier alpha value is -3.38. The molecule has 0 radical (unpaired) electrons. The van der Waals surface area contributed by atoms with Crippen molar-refractivity contribution < 1.29 is 4.74 Å². The van der Waals surface area contributed by atoms with Crippen LogP contribution in [0.25, 0.3) is 11.1 Å². The Morgan fingerprint density at radius 1 is 1.14 bits per heavy atom. The van der Waals surface area contributed by atoms with E-state index in [-0.39, 0.29) is 6.10 Å². The summed E-state index contributed by atoms with van der Waals surface area (Å²) in [6.07, 6.45) is 8.47. The highest BCUT2D eigenvalue weighted by Gasteiger charge is 2.08. The number of benzene rings is 2. The molecular formula is C25H24N2O. The number of ether oxygens (including phenoxy) is 1. The SMILES string of the molecule is C=C[C@@H](CCCc1cccnc1)Oc1ccc(-c2ccc(C#N)c(C)c2)cc1. The van der Waals surface area contributed by atoms with Gasteiger partial charge in [-0.25, -0.2) is 0 Å². The molecule has 0 aliphatic carbocycles. The molecule has 3 heteroatoms. The molecule has 0 amide bonds. The number of nitriles is 1. The van der Waals surface area contributed by atoms with Crippen LogP contribution in [0, 0.1) is 18.3 Å². The zero-order valence-corrected chi connectivity index (χ0v) is 16.1. The third-order valence-electron chi connectivity index (χ3n) is 4.76. The van der Waals surface area contributed by atoms with Crippen LogP contribution in [0.4, 0.5) is 0 Å². The fourth-order valence-electron chi connectivity index (χ4n) is 3.15. The maximum absolute atomic E-state index is 9.07. The normalized spacial score (nSPS) is 11.4. The van der Waals surface area contributed by atoms with Crippen molar-refractivity contribution in [1.82, 2.24) is 4.98 Å². The fourth-order valence-corrected chi connectivity index (χ4v) is 3.15. The molecular weight excluding hydrogens is 344 g/mol. The van der Waals surface area contributed by atoms with Crippen LogP contribution in [0.2, 0.25) is 0 Å². The highest BCUT2D eigenvalue weighted by atomic mass is 16.5. The van der Waals surface area contributed by atoms with E-state index in [0.29, 0.717) is 5.56 Å². The molecule has 0 aliphatic heterocycles. The zero-order valence-electron chi connectivity index (χ0n) is 16.1. The first-order chi connectivity index (χ1) is 13.7. The van der Waals surface area contributed by atoms with Crippen LogP contribution in [0.15, 0.2) is 79.6 Å². The monoisotopic (exact) mass is 368 g/mol. The topological polar surface area (TPSA) is 45.9 Å². The first-order valence-electron chi connectivity index (χ1n) is 9.49. The summed E-state index contributed by atoms with van der Waals surface area (Å²) in [5.74, 6) is 0.834. The summed E-state index contributed by atoms with van der Waals surface area (Å²) in [5, 5.41) is 9.07. The van der Waals surface area contributed by atoms with Gasteiger partial charge in [0.15, 0.2) is 0 Å². The third kappa shape index (κ3) is 5.08. The lowest BCUT2D eigenvalue weighted by Crippen LogP contribution is -2.13. The van der Waals surface area contributed by atoms with Gasteiger partial charge >= 0.3 is 0 Å². The van der Waals surface area contributed by atoms with Crippen LogP contribution in [0.1, 0.15) is 29.5 Å². The van der Waals surface area contributed by atoms with Gasteiger partial charge in [0.25, 0.3) is 0 Å². The number of aryl methyl sites for hydroxylation is 2. The van der Waals surface area contributed by atoms with E-state index in [4.69, 9.17) is 10.00 Å². The summed E-state index contributed by atoms with van der Waals surface area (Å²) in [7, 11) is 0. The van der Waals surface area contributed by atoms with Crippen LogP contribution in [-0.2, 0) is 6.42 Å². The Balaban J connectivity index is 1.58. The van der Waals surface area contributed by atoms with Gasteiger partial charge in [-0.2, -0.15) is 5.26 Å². The Bertz CT molecular complexity index is 956. The molecule has 3 aromatic rings. The van der Waals surface area contributed by atoms with Gasteiger partial charge in [0.05, 0.1) is 11.6 Å². The molecule has 1 atom stereocenters. The second-order valence-electron chi connectivity index (χ2n) is 6.81. The molecule has 0 unspecified atom stereocenters. The molecule has 1 heterocycles. The van der Waals surface area contributed by atoms with Gasteiger partial charge in [0.2, 0.25) is 0 Å². The molecule has 0 saturated carbocycles. The van der Waals surface area contributed by atoms with Crippen molar-refractivity contribution in [2.75, 3.05) is 0 Å². The molecule has 1 aromatic heterocycles. The second kappa shape index (κ2) is 9.53. The molecule has 28 heavy (non-hydrogen) atoms. The summed E-state index contributed by atoms with van der Waals surface area (Å²) in [6, 6.07) is 20.2. The standard InChI is InChI=1S/C25H24N2O/c1-3-24(8-4-6-20-7-5-15-27-18-20)28-25-13-11-21(12-14-25)22-9-10-23(17-26)19(2)16-22/h3,5,7,9-16,18,24H,1,4,6,8H2,2H3/t24-/m0/s1. The van der Waals surface area contributed by atoms with Crippen LogP contribution in [-0.4, -0.2) is 11.1 Å². The number of aromatic nitrogens is 1. The van der Waals surface area contributed by atoms with Crippen molar-refractivity contribution in [2.45, 2.75) is 32.3 Å². The summed E-state index contributed by atoms with van der Waals surface area (Å²) in [5.41, 5.74) is 5.14. The number of hydrogen-bond donors (Lipinski definition) is 0. The molecule has 0 spiro atoms. The van der Waals surface area contributed by atoms with E-state index in [2.05, 4.69) is 23.7 Å². The van der Waals surface area contributed by atoms with E-state index >= 15 is 0 Å². The first-order valence-corrected chi connectivity index (χ1v) is 9.49. The van der Waals surface area contributed by atoms with Gasteiger partial charge in [0, 0.05) is 12.4 Å². The summed E-state index contributed by atoms with van der Waals surface area (Å²) >= 11 is 0. The fraction of sp³-hybridized carbons (Fsp3) is 0.200. The molecule has 0 N–H and O–H groups in total. The highest BCUT2D eigenvalue weighted by molar-refractivity contribution is 5.66. The van der Waals surface area contributed by atoms with Crippen molar-refractivity contribution in [3.05, 3.63) is 96.3 Å². The van der Waals surface area contributed by atoms with Gasteiger partial charge in [-0.3, -0.25) is 4.98 Å². The first kappa shape index (κ1) is 19.4. The van der Waals surface area contributed by atoms with Gasteiger partial charge in [-0.1, -0.05) is 43.0 Å². The summed E-state index contributed by atoms with van der Waals surface area (Å²) < 4.78 is 6.08. The van der Waals surface area contributed by atoms with E-state index in [9.17, 15) is 0 Å². The van der Waals surface area contributed by atoms with Gasteiger partial charge in [-0.05, 0) is 72.7 Å². The van der Waals surface area contributed by atoms with Crippen LogP contribution in [0.5, 0.6) is 5.75 Å². The zero-order chi connectivity index (χ0) is 19.8. The molecule has 2 aromatic carbocycles. The van der Waals surface area contributed by atoms with Gasteiger partial charge in [0.1, 0.15) is 11.9 Å². The summed E-state index contributed by atoms with van der Waals surface area (Å²) in [6.45, 7) is 5.87. The predicted octanol–water partition coefficient (Wildman–Crippen LogP) is 5.89. The molecule has 140 valence electrons. The number of pyridine rings is 1. The van der Waals surface area contributed by atoms with Crippen LogP contribution < -0.4 is 4.74 Å². The van der Waals surface area contributed by atoms with E-state index < -0.39 is 0 Å². The molecule has 0 saturated heterocycles. The van der Waals surface area contributed by atoms with E-state index in [1.54, 1.807) is 6.20 Å². The lowest BCUT2D eigenvalue weighted by atomic mass is 10.0. The maximum atomic E-state index is 9.07. The third-order valence-corrected chi connectivity index (χ3v) is 4.76. The second-order valence-corrected chi connectivity index (χ2v) is 6.81. The van der Waals surface area contributed by atoms with E-state index in [1.165, 1.54) is 5.56 Å².